The highest BCUT2D eigenvalue weighted by Gasteiger charge is 2.45. The number of aliphatic carboxylic acids is 1. The minimum Gasteiger partial charge on any atom is -0.481 e. The van der Waals surface area contributed by atoms with Gasteiger partial charge in [0.1, 0.15) is 11.6 Å². The van der Waals surface area contributed by atoms with Crippen LogP contribution >= 0.6 is 0 Å². The molecule has 8 aromatic rings. The van der Waals surface area contributed by atoms with Crippen molar-refractivity contribution < 1.29 is 33.1 Å². The molecule has 67 heavy (non-hydrogen) atoms. The molecule has 3 amide bonds. The number of hydrazone groups is 2. The lowest BCUT2D eigenvalue weighted by molar-refractivity contribution is -0.138. The maximum Gasteiger partial charge on any atom is 0.307 e. The van der Waals surface area contributed by atoms with Gasteiger partial charge in [0.15, 0.2) is 0 Å². The highest BCUT2D eigenvalue weighted by atomic mass is 19.1. The number of halogens is 2. The average Bonchev–Trinajstić information content (AvgIpc) is 4.26. The van der Waals surface area contributed by atoms with Crippen LogP contribution in [0.3, 0.4) is 0 Å². The zero-order valence-electron chi connectivity index (χ0n) is 35.4. The second kappa shape index (κ2) is 17.3. The van der Waals surface area contributed by atoms with E-state index in [4.69, 9.17) is 10.8 Å². The van der Waals surface area contributed by atoms with E-state index < -0.39 is 5.97 Å². The molecule has 2 aliphatic carbocycles. The van der Waals surface area contributed by atoms with Crippen LogP contribution in [-0.4, -0.2) is 51.2 Å². The van der Waals surface area contributed by atoms with Crippen LogP contribution in [-0.2, 0) is 9.59 Å². The molecule has 2 saturated carbocycles. The van der Waals surface area contributed by atoms with Crippen molar-refractivity contribution in [2.24, 2.45) is 22.0 Å². The average molecular weight is 895 g/mol. The molecule has 4 unspecified atom stereocenters. The van der Waals surface area contributed by atoms with Gasteiger partial charge < -0.3 is 26.1 Å². The highest BCUT2D eigenvalue weighted by Crippen LogP contribution is 2.49. The number of H-pyrrole nitrogens is 2. The van der Waals surface area contributed by atoms with Gasteiger partial charge in [-0.2, -0.15) is 10.2 Å². The SMILES string of the molecule is Nc1cc2c3c(c(-c4ccccc4)[nH]c3c1)C=NNC2=O.O=C(O)C1CC1c1ccc(F)cc1.O=C1NN=Cc2c(-c3ccccc3)[nH]c3cc(NC(=O)C4CC4c4ccc(F)cc4)cc1c23. The molecule has 4 aliphatic rings. The van der Waals surface area contributed by atoms with Crippen molar-refractivity contribution in [2.45, 2.75) is 24.7 Å². The number of aromatic amines is 2. The number of carboxylic acid groups (broad SMARTS) is 1. The molecule has 2 fully saturated rings. The lowest BCUT2D eigenvalue weighted by atomic mass is 10.0. The van der Waals surface area contributed by atoms with E-state index in [0.717, 1.165) is 66.6 Å². The topological polar surface area (TPSA) is 207 Å². The van der Waals surface area contributed by atoms with Crippen molar-refractivity contribution in [2.75, 3.05) is 11.1 Å². The number of benzene rings is 6. The van der Waals surface area contributed by atoms with E-state index in [2.05, 4.69) is 36.3 Å². The predicted octanol–water partition coefficient (Wildman–Crippen LogP) is 9.30. The molecule has 13 nitrogen and oxygen atoms in total. The monoisotopic (exact) mass is 894 g/mol. The maximum absolute atomic E-state index is 13.2. The molecule has 15 heteroatoms. The number of nitrogen functional groups attached to an aromatic ring is 1. The number of carbonyl (C=O) groups is 4. The molecule has 12 rings (SSSR count). The Hall–Kier alpha value is -8.72. The molecule has 4 atom stereocenters. The van der Waals surface area contributed by atoms with Crippen LogP contribution in [0.5, 0.6) is 0 Å². The number of nitrogens with two attached hydrogens (primary N) is 1. The van der Waals surface area contributed by atoms with Crippen LogP contribution < -0.4 is 21.9 Å². The number of rotatable bonds is 7. The van der Waals surface area contributed by atoms with Gasteiger partial charge in [-0.3, -0.25) is 19.2 Å². The Bertz CT molecular complexity index is 3310. The molecule has 2 aliphatic heterocycles. The molecule has 0 spiro atoms. The Morgan fingerprint density at radius 3 is 1.57 bits per heavy atom. The Balaban J connectivity index is 0.000000131. The summed E-state index contributed by atoms with van der Waals surface area (Å²) in [5, 5.41) is 21.3. The van der Waals surface area contributed by atoms with Crippen LogP contribution in [0.15, 0.2) is 144 Å². The number of amides is 3. The van der Waals surface area contributed by atoms with Crippen molar-refractivity contribution in [3.8, 4) is 22.5 Å². The molecule has 0 saturated heterocycles. The van der Waals surface area contributed by atoms with Gasteiger partial charge in [0.25, 0.3) is 11.8 Å². The van der Waals surface area contributed by atoms with Crippen molar-refractivity contribution in [3.63, 3.8) is 0 Å². The van der Waals surface area contributed by atoms with E-state index in [0.29, 0.717) is 35.3 Å². The van der Waals surface area contributed by atoms with Gasteiger partial charge in [0.2, 0.25) is 5.91 Å². The van der Waals surface area contributed by atoms with E-state index in [1.54, 1.807) is 48.8 Å². The summed E-state index contributed by atoms with van der Waals surface area (Å²) in [6.45, 7) is 0. The third-order valence-electron chi connectivity index (χ3n) is 12.3. The van der Waals surface area contributed by atoms with Crippen LogP contribution in [0, 0.1) is 23.5 Å². The van der Waals surface area contributed by atoms with E-state index in [1.807, 2.05) is 72.8 Å². The van der Waals surface area contributed by atoms with E-state index in [-0.39, 0.29) is 53.0 Å². The number of hydrogen-bond acceptors (Lipinski definition) is 7. The quantitative estimate of drug-likeness (QED) is 0.0776. The zero-order valence-corrected chi connectivity index (χ0v) is 35.4. The second-order valence-corrected chi connectivity index (χ2v) is 16.7. The lowest BCUT2D eigenvalue weighted by Gasteiger charge is -2.08. The fraction of sp³-hybridized carbons (Fsp3) is 0.115. The Morgan fingerprint density at radius 1 is 0.612 bits per heavy atom. The lowest BCUT2D eigenvalue weighted by Crippen LogP contribution is -2.18. The van der Waals surface area contributed by atoms with Gasteiger partial charge in [-0.25, -0.2) is 19.6 Å². The van der Waals surface area contributed by atoms with Gasteiger partial charge in [-0.05, 0) is 95.5 Å². The summed E-state index contributed by atoms with van der Waals surface area (Å²) in [6, 6.07) is 39.1. The fourth-order valence-electron chi connectivity index (χ4n) is 8.87. The van der Waals surface area contributed by atoms with Crippen LogP contribution in [0.2, 0.25) is 0 Å². The van der Waals surface area contributed by atoms with Crippen LogP contribution in [0.4, 0.5) is 20.2 Å². The minimum atomic E-state index is -0.755. The van der Waals surface area contributed by atoms with Crippen molar-refractivity contribution in [1.82, 2.24) is 20.8 Å². The summed E-state index contributed by atoms with van der Waals surface area (Å²) >= 11 is 0. The Morgan fingerprint density at radius 2 is 1.07 bits per heavy atom. The molecule has 8 N–H and O–H groups in total. The summed E-state index contributed by atoms with van der Waals surface area (Å²) < 4.78 is 25.7. The van der Waals surface area contributed by atoms with Gasteiger partial charge in [-0.1, -0.05) is 84.9 Å². The maximum atomic E-state index is 13.2. The summed E-state index contributed by atoms with van der Waals surface area (Å²) in [6.07, 6.45) is 4.71. The first-order valence-corrected chi connectivity index (χ1v) is 21.5. The van der Waals surface area contributed by atoms with Gasteiger partial charge in [0, 0.05) is 50.2 Å². The summed E-state index contributed by atoms with van der Waals surface area (Å²) in [5.74, 6) is -2.29. The summed E-state index contributed by atoms with van der Waals surface area (Å²) in [5.41, 5.74) is 22.0. The van der Waals surface area contributed by atoms with Crippen LogP contribution in [0.1, 0.15) is 67.6 Å². The smallest absolute Gasteiger partial charge is 0.307 e. The molecule has 2 aromatic heterocycles. The predicted molar refractivity (Wildman–Crippen MR) is 253 cm³/mol. The van der Waals surface area contributed by atoms with Crippen molar-refractivity contribution in [3.05, 3.63) is 178 Å². The number of aromatic nitrogens is 2. The number of nitrogens with zero attached hydrogens (tertiary/aromatic N) is 2. The highest BCUT2D eigenvalue weighted by molar-refractivity contribution is 6.19. The number of anilines is 2. The number of carboxylic acids is 1. The standard InChI is InChI=1S/C26H19FN4O2.C16H12N4O.C10H9FO2/c27-16-8-6-14(7-9-16)18-12-19(18)25(32)29-17-10-20-23-21(13-28-31-26(20)33)24(30-22(23)11-17)15-4-2-1-3-5-15;17-10-6-11-14-12(8-18-20-16(11)21)15(19-13(14)7-10)9-4-2-1-3-5-9;11-7-3-1-6(2-4-7)8-5-9(8)10(12)13/h1-11,13,18-19,30H,12H2,(H,29,32)(H,31,33);1-8,19H,17H2,(H,20,21);1-4,8-9H,5H2,(H,12,13). The normalized spacial score (nSPS) is 18.3. The van der Waals surface area contributed by atoms with E-state index >= 15 is 0 Å². The second-order valence-electron chi connectivity index (χ2n) is 16.7. The summed E-state index contributed by atoms with van der Waals surface area (Å²) in [4.78, 5) is 55.0. The number of nitrogens with one attached hydrogen (secondary N) is 5. The van der Waals surface area contributed by atoms with Crippen LogP contribution in [0.25, 0.3) is 44.3 Å². The fourth-order valence-corrected chi connectivity index (χ4v) is 8.87. The molecule has 4 heterocycles. The third kappa shape index (κ3) is 8.53. The first-order chi connectivity index (χ1) is 32.5. The number of carbonyl (C=O) groups excluding carboxylic acids is 3. The van der Waals surface area contributed by atoms with Gasteiger partial charge in [0.05, 0.1) is 40.9 Å². The Labute approximate surface area is 380 Å². The molecule has 0 radical (unpaired) electrons. The molecular weight excluding hydrogens is 855 g/mol. The van der Waals surface area contributed by atoms with E-state index in [9.17, 15) is 28.0 Å². The number of hydrogen-bond donors (Lipinski definition) is 7. The first-order valence-electron chi connectivity index (χ1n) is 21.5. The van der Waals surface area contributed by atoms with Gasteiger partial charge in [-0.15, -0.1) is 0 Å². The molecule has 0 bridgehead atoms. The molecule has 332 valence electrons. The minimum absolute atomic E-state index is 0.0781. The molecular formula is C52H40F2N8O5. The Kier molecular flexibility index (Phi) is 10.9. The van der Waals surface area contributed by atoms with E-state index in [1.165, 1.54) is 24.3 Å². The van der Waals surface area contributed by atoms with Crippen molar-refractivity contribution in [1.29, 1.82) is 0 Å². The summed E-state index contributed by atoms with van der Waals surface area (Å²) in [7, 11) is 0. The van der Waals surface area contributed by atoms with Gasteiger partial charge >= 0.3 is 5.97 Å². The molecule has 6 aromatic carbocycles. The largest absolute Gasteiger partial charge is 0.481 e. The van der Waals surface area contributed by atoms with Crippen molar-refractivity contribution >= 4 is 69.3 Å². The third-order valence-corrected chi connectivity index (χ3v) is 12.3. The zero-order chi connectivity index (χ0) is 46.3. The first kappa shape index (κ1) is 42.2.